The lowest BCUT2D eigenvalue weighted by atomic mass is 10.2. The van der Waals surface area contributed by atoms with Gasteiger partial charge in [-0.25, -0.2) is 0 Å². The van der Waals surface area contributed by atoms with Crippen LogP contribution in [0.4, 0.5) is 5.69 Å². The van der Waals surface area contributed by atoms with E-state index in [2.05, 4.69) is 21.2 Å². The summed E-state index contributed by atoms with van der Waals surface area (Å²) in [5.74, 6) is -0.400. The van der Waals surface area contributed by atoms with E-state index in [1.807, 2.05) is 6.07 Å². The molecule has 0 aliphatic rings. The topological polar surface area (TPSA) is 52.9 Å². The van der Waals surface area contributed by atoms with Crippen LogP contribution < -0.4 is 5.32 Å². The number of anilines is 1. The van der Waals surface area contributed by atoms with Crippen molar-refractivity contribution in [2.24, 2.45) is 0 Å². The summed E-state index contributed by atoms with van der Waals surface area (Å²) < 4.78 is 1.51. The monoisotopic (exact) mass is 374 g/mol. The largest absolute Gasteiger partial charge is 0.321 e. The molecular weight excluding hydrogens is 371 g/mol. The molecular formula is C12H5BrCl2N2OS. The van der Waals surface area contributed by atoms with Gasteiger partial charge in [-0.15, -0.1) is 11.3 Å². The van der Waals surface area contributed by atoms with Gasteiger partial charge < -0.3 is 5.32 Å². The van der Waals surface area contributed by atoms with Gasteiger partial charge >= 0.3 is 0 Å². The van der Waals surface area contributed by atoms with Crippen molar-refractivity contribution in [1.82, 2.24) is 0 Å². The summed E-state index contributed by atoms with van der Waals surface area (Å²) in [6, 6.07) is 8.49. The minimum Gasteiger partial charge on any atom is -0.321 e. The van der Waals surface area contributed by atoms with Gasteiger partial charge in [0.1, 0.15) is 10.4 Å². The van der Waals surface area contributed by atoms with Crippen molar-refractivity contribution in [3.8, 4) is 6.07 Å². The van der Waals surface area contributed by atoms with E-state index in [0.717, 1.165) is 15.8 Å². The highest BCUT2D eigenvalue weighted by Gasteiger charge is 2.15. The van der Waals surface area contributed by atoms with Crippen LogP contribution >= 0.6 is 50.5 Å². The summed E-state index contributed by atoms with van der Waals surface area (Å²) in [6.45, 7) is 0. The maximum absolute atomic E-state index is 12.1. The second-order valence-electron chi connectivity index (χ2n) is 3.49. The van der Waals surface area contributed by atoms with Crippen molar-refractivity contribution < 1.29 is 4.79 Å². The number of rotatable bonds is 2. The summed E-state index contributed by atoms with van der Waals surface area (Å²) in [6.07, 6.45) is 0. The molecule has 3 nitrogen and oxygen atoms in total. The van der Waals surface area contributed by atoms with Crippen molar-refractivity contribution >= 4 is 62.1 Å². The number of nitriles is 1. The fourth-order valence-corrected chi connectivity index (χ4v) is 3.22. The number of nitrogens with one attached hydrogen (secondary N) is 1. The highest BCUT2D eigenvalue weighted by Crippen LogP contribution is 2.32. The fraction of sp³-hybridized carbons (Fsp3) is 0. The van der Waals surface area contributed by atoms with Gasteiger partial charge in [-0.2, -0.15) is 5.26 Å². The molecule has 19 heavy (non-hydrogen) atoms. The Balaban J connectivity index is 2.32. The van der Waals surface area contributed by atoms with E-state index < -0.39 is 5.91 Å². The lowest BCUT2D eigenvalue weighted by Gasteiger charge is -2.06. The quantitative estimate of drug-likeness (QED) is 0.807. The predicted octanol–water partition coefficient (Wildman–Crippen LogP) is 4.94. The van der Waals surface area contributed by atoms with Crippen LogP contribution in [0.15, 0.2) is 28.7 Å². The van der Waals surface area contributed by atoms with E-state index in [9.17, 15) is 4.79 Å². The predicted molar refractivity (Wildman–Crippen MR) is 81.1 cm³/mol. The molecule has 0 unspecified atom stereocenters. The third-order valence-electron chi connectivity index (χ3n) is 2.25. The standard InChI is InChI=1S/C12H5BrCl2N2OS/c13-7-2-1-6(5-16)9(3-7)17-12(18)8-4-10(14)19-11(8)15/h1-4H,(H,17,18). The maximum Gasteiger partial charge on any atom is 0.258 e. The Morgan fingerprint density at radius 1 is 1.37 bits per heavy atom. The first-order chi connectivity index (χ1) is 9.01. The first-order valence-corrected chi connectivity index (χ1v) is 7.33. The Labute approximate surface area is 131 Å². The molecule has 1 amide bonds. The first-order valence-electron chi connectivity index (χ1n) is 4.97. The molecule has 0 fully saturated rings. The highest BCUT2D eigenvalue weighted by atomic mass is 79.9. The zero-order valence-corrected chi connectivity index (χ0v) is 13.1. The lowest BCUT2D eigenvalue weighted by Crippen LogP contribution is -2.12. The van der Waals surface area contributed by atoms with E-state index in [1.54, 1.807) is 18.2 Å². The minimum atomic E-state index is -0.400. The number of thiophene rings is 1. The number of carbonyl (C=O) groups excluding carboxylic acids is 1. The Morgan fingerprint density at radius 3 is 2.68 bits per heavy atom. The molecule has 1 aromatic carbocycles. The number of benzene rings is 1. The van der Waals surface area contributed by atoms with Crippen LogP contribution in [0.25, 0.3) is 0 Å². The van der Waals surface area contributed by atoms with Gasteiger partial charge in [0.05, 0.1) is 21.2 Å². The molecule has 0 saturated heterocycles. The summed E-state index contributed by atoms with van der Waals surface area (Å²) in [7, 11) is 0. The van der Waals surface area contributed by atoms with Gasteiger partial charge in [0.25, 0.3) is 5.91 Å². The maximum atomic E-state index is 12.1. The van der Waals surface area contributed by atoms with Crippen LogP contribution in [0.5, 0.6) is 0 Å². The normalized spacial score (nSPS) is 10.0. The molecule has 1 N–H and O–H groups in total. The molecule has 0 atom stereocenters. The molecule has 0 saturated carbocycles. The molecule has 2 aromatic rings. The van der Waals surface area contributed by atoms with Gasteiger partial charge in [0, 0.05) is 4.47 Å². The van der Waals surface area contributed by atoms with Crippen LogP contribution in [0.1, 0.15) is 15.9 Å². The van der Waals surface area contributed by atoms with Crippen molar-refractivity contribution in [2.45, 2.75) is 0 Å². The zero-order chi connectivity index (χ0) is 14.0. The second kappa shape index (κ2) is 5.93. The summed E-state index contributed by atoms with van der Waals surface area (Å²) in [4.78, 5) is 12.1. The summed E-state index contributed by atoms with van der Waals surface area (Å²) in [5.41, 5.74) is 1.08. The lowest BCUT2D eigenvalue weighted by molar-refractivity contribution is 0.102. The van der Waals surface area contributed by atoms with Crippen LogP contribution in [-0.4, -0.2) is 5.91 Å². The Morgan fingerprint density at radius 2 is 2.11 bits per heavy atom. The number of amides is 1. The summed E-state index contributed by atoms with van der Waals surface area (Å²) in [5, 5.41) is 11.6. The Bertz CT molecular complexity index is 694. The number of hydrogen-bond acceptors (Lipinski definition) is 3. The molecule has 2 rings (SSSR count). The molecule has 7 heteroatoms. The smallest absolute Gasteiger partial charge is 0.258 e. The zero-order valence-electron chi connectivity index (χ0n) is 9.21. The van der Waals surface area contributed by atoms with E-state index in [0.29, 0.717) is 25.5 Å². The van der Waals surface area contributed by atoms with E-state index in [4.69, 9.17) is 28.5 Å². The average Bonchev–Trinajstić information content (AvgIpc) is 2.69. The average molecular weight is 376 g/mol. The van der Waals surface area contributed by atoms with Gasteiger partial charge in [0.2, 0.25) is 0 Å². The molecule has 1 heterocycles. The molecule has 0 radical (unpaired) electrons. The van der Waals surface area contributed by atoms with Crippen LogP contribution in [-0.2, 0) is 0 Å². The first kappa shape index (κ1) is 14.4. The molecule has 0 aliphatic carbocycles. The minimum absolute atomic E-state index is 0.292. The molecule has 0 aliphatic heterocycles. The van der Waals surface area contributed by atoms with Crippen LogP contribution in [0.3, 0.4) is 0 Å². The Hall–Kier alpha value is -1.06. The fourth-order valence-electron chi connectivity index (χ4n) is 1.40. The molecule has 96 valence electrons. The number of halogens is 3. The van der Waals surface area contributed by atoms with Crippen molar-refractivity contribution in [3.05, 3.63) is 48.5 Å². The molecule has 1 aromatic heterocycles. The van der Waals surface area contributed by atoms with E-state index in [-0.39, 0.29) is 0 Å². The van der Waals surface area contributed by atoms with Crippen LogP contribution in [0.2, 0.25) is 8.67 Å². The van der Waals surface area contributed by atoms with Crippen molar-refractivity contribution in [1.29, 1.82) is 5.26 Å². The molecule has 0 bridgehead atoms. The van der Waals surface area contributed by atoms with Gasteiger partial charge in [-0.1, -0.05) is 39.1 Å². The van der Waals surface area contributed by atoms with Gasteiger partial charge in [-0.05, 0) is 24.3 Å². The van der Waals surface area contributed by atoms with E-state index >= 15 is 0 Å². The number of hydrogen-bond donors (Lipinski definition) is 1. The Kier molecular flexibility index (Phi) is 4.48. The number of nitrogens with zero attached hydrogens (tertiary/aromatic N) is 1. The highest BCUT2D eigenvalue weighted by molar-refractivity contribution is 9.10. The molecule has 0 spiro atoms. The third-order valence-corrected chi connectivity index (χ3v) is 4.23. The van der Waals surface area contributed by atoms with Gasteiger partial charge in [0.15, 0.2) is 0 Å². The van der Waals surface area contributed by atoms with Crippen LogP contribution in [0, 0.1) is 11.3 Å². The van der Waals surface area contributed by atoms with Crippen molar-refractivity contribution in [3.63, 3.8) is 0 Å². The SMILES string of the molecule is N#Cc1ccc(Br)cc1NC(=O)c1cc(Cl)sc1Cl. The van der Waals surface area contributed by atoms with Gasteiger partial charge in [-0.3, -0.25) is 4.79 Å². The third kappa shape index (κ3) is 3.28. The number of carbonyl (C=O) groups is 1. The summed E-state index contributed by atoms with van der Waals surface area (Å²) >= 11 is 16.1. The van der Waals surface area contributed by atoms with E-state index in [1.165, 1.54) is 6.07 Å². The van der Waals surface area contributed by atoms with Crippen molar-refractivity contribution in [2.75, 3.05) is 5.32 Å². The second-order valence-corrected chi connectivity index (χ2v) is 6.69.